The van der Waals surface area contributed by atoms with E-state index in [2.05, 4.69) is 0 Å². The summed E-state index contributed by atoms with van der Waals surface area (Å²) >= 11 is 0. The van der Waals surface area contributed by atoms with Crippen LogP contribution in [-0.4, -0.2) is 28.7 Å². The summed E-state index contributed by atoms with van der Waals surface area (Å²) in [6, 6.07) is 8.25. The number of carboxylic acid groups (broad SMARTS) is 1. The summed E-state index contributed by atoms with van der Waals surface area (Å²) in [5.74, 6) is -4.69. The van der Waals surface area contributed by atoms with Gasteiger partial charge in [-0.25, -0.2) is 0 Å². The molecule has 6 atom stereocenters. The molecule has 2 fully saturated rings. The Balaban J connectivity index is 1.51. The van der Waals surface area contributed by atoms with Gasteiger partial charge >= 0.3 is 11.9 Å². The van der Waals surface area contributed by atoms with E-state index in [0.717, 1.165) is 0 Å². The number of carboxylic acids is 1. The topological polar surface area (TPSA) is 146 Å². The van der Waals surface area contributed by atoms with Gasteiger partial charge in [-0.2, -0.15) is 0 Å². The maximum Gasteiger partial charge on any atom is 0.311 e. The largest absolute Gasteiger partial charge is 0.485 e. The average molecular weight is 508 g/mol. The first-order valence-corrected chi connectivity index (χ1v) is 12.3. The van der Waals surface area contributed by atoms with E-state index in [-0.39, 0.29) is 24.1 Å². The molecule has 1 aromatic heterocycles. The van der Waals surface area contributed by atoms with Crippen molar-refractivity contribution in [1.29, 1.82) is 0 Å². The van der Waals surface area contributed by atoms with E-state index in [4.69, 9.17) is 19.6 Å². The summed E-state index contributed by atoms with van der Waals surface area (Å²) in [6.07, 6.45) is 4.99. The van der Waals surface area contributed by atoms with E-state index in [1.54, 1.807) is 30.3 Å². The lowest BCUT2D eigenvalue weighted by Crippen LogP contribution is -2.61. The van der Waals surface area contributed by atoms with Crippen LogP contribution in [-0.2, 0) is 30.5 Å². The molecule has 3 N–H and O–H groups in total. The molecule has 0 radical (unpaired) electrons. The molecule has 1 aliphatic heterocycles. The molecule has 194 valence electrons. The summed E-state index contributed by atoms with van der Waals surface area (Å²) in [6.45, 7) is 3.67. The molecule has 9 nitrogen and oxygen atoms in total. The van der Waals surface area contributed by atoms with Crippen LogP contribution < -0.4 is 5.73 Å². The first-order chi connectivity index (χ1) is 17.5. The monoisotopic (exact) mass is 507 g/mol. The fourth-order valence-corrected chi connectivity index (χ4v) is 6.79. The minimum atomic E-state index is -1.05. The highest BCUT2D eigenvalue weighted by atomic mass is 16.5. The van der Waals surface area contributed by atoms with Crippen LogP contribution in [0.5, 0.6) is 0 Å². The molecule has 2 heterocycles. The summed E-state index contributed by atoms with van der Waals surface area (Å²) in [5.41, 5.74) is 5.20. The van der Waals surface area contributed by atoms with Gasteiger partial charge in [0, 0.05) is 17.0 Å². The standard InChI is InChI=1S/C28H29NO8/c1-27-8-6-18-26(34)37-21(17-7-9-35-14-17)12-28(18,2)23(27)22(30)20(11-19(27)25(32)33)36-13-15-4-3-5-16(10-15)24(29)31/h3-5,7,9-11,14,18-19,21,23H,6,8,12-13H2,1-2H3,(H2,29,31)(H,32,33)/t18-,19-,21-,23-,27-,28-/m0/s1. The number of esters is 1. The van der Waals surface area contributed by atoms with Gasteiger partial charge in [0.1, 0.15) is 12.7 Å². The number of carbonyl (C=O) groups excluding carboxylic acids is 3. The number of ether oxygens (including phenoxy) is 2. The Hall–Kier alpha value is -3.88. The van der Waals surface area contributed by atoms with Crippen molar-refractivity contribution in [2.45, 2.75) is 45.8 Å². The highest BCUT2D eigenvalue weighted by Crippen LogP contribution is 2.64. The fraction of sp³-hybridized carbons (Fsp3) is 0.429. The fourth-order valence-electron chi connectivity index (χ4n) is 6.79. The maximum absolute atomic E-state index is 14.1. The van der Waals surface area contributed by atoms with Crippen molar-refractivity contribution >= 4 is 23.6 Å². The number of carbonyl (C=O) groups is 4. The molecule has 1 amide bonds. The molecule has 9 heteroatoms. The third-order valence-corrected chi connectivity index (χ3v) is 8.58. The lowest BCUT2D eigenvalue weighted by Gasteiger charge is -2.59. The number of amides is 1. The quantitative estimate of drug-likeness (QED) is 0.562. The molecule has 2 aromatic rings. The molecular weight excluding hydrogens is 478 g/mol. The van der Waals surface area contributed by atoms with Crippen LogP contribution in [0, 0.1) is 28.6 Å². The summed E-state index contributed by atoms with van der Waals surface area (Å²) < 4.78 is 16.8. The van der Waals surface area contributed by atoms with E-state index in [1.807, 2.05) is 13.8 Å². The number of allylic oxidation sites excluding steroid dienone is 1. The normalized spacial score (nSPS) is 33.0. The number of fused-ring (bicyclic) bond motifs is 3. The van der Waals surface area contributed by atoms with E-state index in [0.29, 0.717) is 36.0 Å². The average Bonchev–Trinajstić information content (AvgIpc) is 3.38. The zero-order valence-corrected chi connectivity index (χ0v) is 20.6. The molecule has 5 rings (SSSR count). The first-order valence-electron chi connectivity index (χ1n) is 12.3. The molecule has 2 aliphatic carbocycles. The Bertz CT molecular complexity index is 1300. The van der Waals surface area contributed by atoms with Crippen molar-refractivity contribution in [3.05, 3.63) is 71.4 Å². The van der Waals surface area contributed by atoms with Crippen molar-refractivity contribution in [3.63, 3.8) is 0 Å². The van der Waals surface area contributed by atoms with E-state index in [9.17, 15) is 24.3 Å². The van der Waals surface area contributed by atoms with Crippen molar-refractivity contribution in [1.82, 2.24) is 0 Å². The minimum absolute atomic E-state index is 0.0416. The van der Waals surface area contributed by atoms with Gasteiger partial charge in [0.05, 0.1) is 24.4 Å². The second kappa shape index (κ2) is 8.90. The Labute approximate surface area is 213 Å². The van der Waals surface area contributed by atoms with Crippen LogP contribution in [0.4, 0.5) is 0 Å². The zero-order valence-electron chi connectivity index (χ0n) is 20.6. The number of ketones is 1. The van der Waals surface area contributed by atoms with Gasteiger partial charge in [-0.3, -0.25) is 19.2 Å². The third-order valence-electron chi connectivity index (χ3n) is 8.58. The smallest absolute Gasteiger partial charge is 0.311 e. The zero-order chi connectivity index (χ0) is 26.5. The number of benzene rings is 1. The molecule has 0 unspecified atom stereocenters. The van der Waals surface area contributed by atoms with Gasteiger partial charge in [-0.15, -0.1) is 0 Å². The number of hydrogen-bond donors (Lipinski definition) is 2. The third kappa shape index (κ3) is 4.02. The Morgan fingerprint density at radius 2 is 1.97 bits per heavy atom. The Morgan fingerprint density at radius 1 is 1.19 bits per heavy atom. The minimum Gasteiger partial charge on any atom is -0.485 e. The Kier molecular flexibility index (Phi) is 5.96. The van der Waals surface area contributed by atoms with Crippen molar-refractivity contribution in [2.75, 3.05) is 0 Å². The van der Waals surface area contributed by atoms with Crippen LogP contribution in [0.3, 0.4) is 0 Å². The van der Waals surface area contributed by atoms with Gasteiger partial charge in [0.15, 0.2) is 5.76 Å². The number of primary amides is 1. The second-order valence-electron chi connectivity index (χ2n) is 10.8. The van der Waals surface area contributed by atoms with E-state index in [1.165, 1.54) is 18.6 Å². The summed E-state index contributed by atoms with van der Waals surface area (Å²) in [4.78, 5) is 51.2. The molecule has 1 aromatic carbocycles. The molecule has 1 saturated heterocycles. The van der Waals surface area contributed by atoms with Gasteiger partial charge in [0.2, 0.25) is 11.7 Å². The highest BCUT2D eigenvalue weighted by Gasteiger charge is 2.66. The number of furan rings is 1. The van der Waals surface area contributed by atoms with Crippen molar-refractivity contribution in [2.24, 2.45) is 34.3 Å². The number of aliphatic carboxylic acids is 1. The number of Topliss-reactive ketones (excluding diaryl/α,β-unsaturated/α-hetero) is 1. The molecule has 3 aliphatic rings. The Morgan fingerprint density at radius 3 is 2.65 bits per heavy atom. The summed E-state index contributed by atoms with van der Waals surface area (Å²) in [5, 5.41) is 10.2. The lowest BCUT2D eigenvalue weighted by molar-refractivity contribution is -0.197. The van der Waals surface area contributed by atoms with Gasteiger partial charge in [-0.05, 0) is 59.9 Å². The maximum atomic E-state index is 14.1. The molecular formula is C28H29NO8. The SMILES string of the molecule is C[C@@]12CC[C@H]3C(=O)O[C@H](c4ccoc4)C[C@]3(C)[C@H]1C(=O)C(OCc1cccc(C(N)=O)c1)=C[C@H]2C(=O)O. The van der Waals surface area contributed by atoms with Crippen molar-refractivity contribution < 1.29 is 38.2 Å². The van der Waals surface area contributed by atoms with Crippen LogP contribution in [0.2, 0.25) is 0 Å². The van der Waals surface area contributed by atoms with E-state index < -0.39 is 46.6 Å². The molecule has 37 heavy (non-hydrogen) atoms. The van der Waals surface area contributed by atoms with E-state index >= 15 is 0 Å². The van der Waals surface area contributed by atoms with Gasteiger partial charge < -0.3 is 24.7 Å². The lowest BCUT2D eigenvalue weighted by atomic mass is 9.44. The molecule has 0 bridgehead atoms. The molecule has 1 saturated carbocycles. The van der Waals surface area contributed by atoms with Crippen molar-refractivity contribution in [3.8, 4) is 0 Å². The number of cyclic esters (lactones) is 1. The van der Waals surface area contributed by atoms with Crippen LogP contribution in [0.25, 0.3) is 0 Å². The predicted octanol–water partition coefficient (Wildman–Crippen LogP) is 3.79. The summed E-state index contributed by atoms with van der Waals surface area (Å²) in [7, 11) is 0. The van der Waals surface area contributed by atoms with Gasteiger partial charge in [-0.1, -0.05) is 26.0 Å². The number of nitrogens with two attached hydrogens (primary N) is 1. The highest BCUT2D eigenvalue weighted by molar-refractivity contribution is 6.00. The van der Waals surface area contributed by atoms with Crippen LogP contribution >= 0.6 is 0 Å². The first kappa shape index (κ1) is 24.8. The predicted molar refractivity (Wildman–Crippen MR) is 129 cm³/mol. The molecule has 0 spiro atoms. The van der Waals surface area contributed by atoms with Crippen LogP contribution in [0.15, 0.2) is 59.1 Å². The second-order valence-corrected chi connectivity index (χ2v) is 10.8. The number of rotatable bonds is 6. The van der Waals surface area contributed by atoms with Crippen LogP contribution in [0.1, 0.15) is 60.7 Å². The number of hydrogen-bond acceptors (Lipinski definition) is 7. The van der Waals surface area contributed by atoms with Gasteiger partial charge in [0.25, 0.3) is 0 Å².